The molecule has 1 atom stereocenters. The van der Waals surface area contributed by atoms with Gasteiger partial charge in [-0.15, -0.1) is 0 Å². The monoisotopic (exact) mass is 395 g/mol. The molecule has 6 heteroatoms. The number of aryl methyl sites for hydroxylation is 2. The number of rotatable bonds is 4. The maximum absolute atomic E-state index is 13.1. The minimum Gasteiger partial charge on any atom is -0.501 e. The highest BCUT2D eigenvalue weighted by atomic mass is 16.3. The zero-order valence-electron chi connectivity index (χ0n) is 17.8. The lowest BCUT2D eigenvalue weighted by atomic mass is 9.80. The number of aromatic nitrogens is 2. The molecule has 1 aliphatic heterocycles. The molecule has 1 unspecified atom stereocenters. The zero-order chi connectivity index (χ0) is 21.1. The van der Waals surface area contributed by atoms with Crippen LogP contribution in [0.25, 0.3) is 0 Å². The maximum Gasteiger partial charge on any atom is 0.315 e. The molecule has 1 aromatic carbocycles. The van der Waals surface area contributed by atoms with E-state index >= 15 is 0 Å². The number of hydrogen-bond acceptors (Lipinski definition) is 4. The van der Waals surface area contributed by atoms with Crippen molar-refractivity contribution < 1.29 is 9.90 Å². The molecule has 2 aromatic rings. The van der Waals surface area contributed by atoms with Crippen LogP contribution in [0.2, 0.25) is 0 Å². The minimum atomic E-state index is -0.721. The molecular formula is C23H29N3O3. The second-order valence-corrected chi connectivity index (χ2v) is 9.37. The van der Waals surface area contributed by atoms with Gasteiger partial charge in [0.1, 0.15) is 5.82 Å². The van der Waals surface area contributed by atoms with E-state index in [-0.39, 0.29) is 29.1 Å². The molecule has 2 heterocycles. The largest absolute Gasteiger partial charge is 0.501 e. The first-order valence-corrected chi connectivity index (χ1v) is 10.3. The standard InChI is InChI=1S/C23H29N3O3/c1-13-8-14(2)10-16(9-13)23(4,5)11-18-24-21(28)20(27)19-22(29)26(17-6-7-17)15(3)12-25(18)19/h8-10,15,17,27H,6-7,11-12H2,1-5H3. The fraction of sp³-hybridized carbons (Fsp3) is 0.522. The molecular weight excluding hydrogens is 366 g/mol. The summed E-state index contributed by atoms with van der Waals surface area (Å²) in [5, 5.41) is 10.4. The van der Waals surface area contributed by atoms with Crippen LogP contribution >= 0.6 is 0 Å². The summed E-state index contributed by atoms with van der Waals surface area (Å²) in [4.78, 5) is 31.6. The molecule has 1 N–H and O–H groups in total. The average Bonchev–Trinajstić information content (AvgIpc) is 3.43. The molecule has 0 radical (unpaired) electrons. The van der Waals surface area contributed by atoms with Crippen molar-refractivity contribution in [2.75, 3.05) is 0 Å². The first-order valence-electron chi connectivity index (χ1n) is 10.3. The lowest BCUT2D eigenvalue weighted by Gasteiger charge is -2.37. The van der Waals surface area contributed by atoms with Crippen LogP contribution in [-0.2, 0) is 18.4 Å². The number of aromatic hydroxyl groups is 1. The molecule has 1 saturated carbocycles. The molecule has 0 spiro atoms. The van der Waals surface area contributed by atoms with Gasteiger partial charge in [-0.3, -0.25) is 9.59 Å². The number of carbonyl (C=O) groups excluding carboxylic acids is 1. The second kappa shape index (κ2) is 6.71. The highest BCUT2D eigenvalue weighted by molar-refractivity contribution is 5.96. The average molecular weight is 396 g/mol. The second-order valence-electron chi connectivity index (χ2n) is 9.37. The van der Waals surface area contributed by atoms with Crippen LogP contribution < -0.4 is 5.56 Å². The molecule has 1 aromatic heterocycles. The quantitative estimate of drug-likeness (QED) is 0.863. The van der Waals surface area contributed by atoms with Crippen LogP contribution in [0.15, 0.2) is 23.0 Å². The van der Waals surface area contributed by atoms with Crippen molar-refractivity contribution in [3.63, 3.8) is 0 Å². The number of amides is 1. The van der Waals surface area contributed by atoms with Crippen molar-refractivity contribution in [2.45, 2.75) is 77.9 Å². The fourth-order valence-electron chi connectivity index (χ4n) is 4.55. The zero-order valence-corrected chi connectivity index (χ0v) is 17.8. The van der Waals surface area contributed by atoms with Gasteiger partial charge in [-0.1, -0.05) is 43.2 Å². The van der Waals surface area contributed by atoms with Crippen LogP contribution in [-0.4, -0.2) is 37.5 Å². The Balaban J connectivity index is 1.78. The fourth-order valence-corrected chi connectivity index (χ4v) is 4.55. The van der Waals surface area contributed by atoms with Gasteiger partial charge < -0.3 is 14.6 Å². The Labute approximate surface area is 171 Å². The van der Waals surface area contributed by atoms with Crippen molar-refractivity contribution in [3.8, 4) is 5.75 Å². The molecule has 1 amide bonds. The molecule has 0 bridgehead atoms. The topological polar surface area (TPSA) is 75.4 Å². The van der Waals surface area contributed by atoms with Gasteiger partial charge in [0.2, 0.25) is 5.75 Å². The predicted molar refractivity (Wildman–Crippen MR) is 111 cm³/mol. The highest BCUT2D eigenvalue weighted by Crippen LogP contribution is 2.35. The Hall–Kier alpha value is -2.63. The third kappa shape index (κ3) is 3.45. The Kier molecular flexibility index (Phi) is 4.56. The Morgan fingerprint density at radius 1 is 1.14 bits per heavy atom. The van der Waals surface area contributed by atoms with Crippen molar-refractivity contribution in [3.05, 3.63) is 56.8 Å². The van der Waals surface area contributed by atoms with E-state index in [1.807, 2.05) is 11.8 Å². The molecule has 154 valence electrons. The summed E-state index contributed by atoms with van der Waals surface area (Å²) in [5.41, 5.74) is 2.64. The SMILES string of the molecule is Cc1cc(C)cc(C(C)(C)Cc2nc(=O)c(O)c3n2CC(C)N(C2CC2)C3=O)c1. The van der Waals surface area contributed by atoms with E-state index in [1.54, 1.807) is 4.57 Å². The maximum atomic E-state index is 13.1. The van der Waals surface area contributed by atoms with Gasteiger partial charge in [0, 0.05) is 25.0 Å². The lowest BCUT2D eigenvalue weighted by molar-refractivity contribution is 0.0580. The van der Waals surface area contributed by atoms with E-state index in [0.717, 1.165) is 12.8 Å². The van der Waals surface area contributed by atoms with E-state index < -0.39 is 11.3 Å². The molecule has 0 saturated heterocycles. The normalized spacial score (nSPS) is 19.4. The van der Waals surface area contributed by atoms with Gasteiger partial charge in [0.25, 0.3) is 5.91 Å². The first kappa shape index (κ1) is 19.7. The van der Waals surface area contributed by atoms with Gasteiger partial charge in [0.05, 0.1) is 0 Å². The number of nitrogens with zero attached hydrogens (tertiary/aromatic N) is 3. The third-order valence-electron chi connectivity index (χ3n) is 6.14. The van der Waals surface area contributed by atoms with Gasteiger partial charge >= 0.3 is 5.56 Å². The van der Waals surface area contributed by atoms with Gasteiger partial charge in [-0.05, 0) is 44.6 Å². The summed E-state index contributed by atoms with van der Waals surface area (Å²) in [7, 11) is 0. The number of carbonyl (C=O) groups is 1. The molecule has 6 nitrogen and oxygen atoms in total. The summed E-state index contributed by atoms with van der Waals surface area (Å²) in [6, 6.07) is 6.69. The number of fused-ring (bicyclic) bond motifs is 1. The predicted octanol–water partition coefficient (Wildman–Crippen LogP) is 3.09. The molecule has 1 fully saturated rings. The van der Waals surface area contributed by atoms with Crippen LogP contribution in [0.1, 0.15) is 66.6 Å². The lowest BCUT2D eigenvalue weighted by Crippen LogP contribution is -2.50. The molecule has 29 heavy (non-hydrogen) atoms. The van der Waals surface area contributed by atoms with Gasteiger partial charge in [-0.25, -0.2) is 0 Å². The minimum absolute atomic E-state index is 0.00859. The summed E-state index contributed by atoms with van der Waals surface area (Å²) < 4.78 is 1.77. The first-order chi connectivity index (χ1) is 13.6. The van der Waals surface area contributed by atoms with Gasteiger partial charge in [0.15, 0.2) is 5.69 Å². The Morgan fingerprint density at radius 2 is 1.76 bits per heavy atom. The molecule has 2 aliphatic rings. The summed E-state index contributed by atoms with van der Waals surface area (Å²) in [6.45, 7) is 11.0. The smallest absolute Gasteiger partial charge is 0.315 e. The van der Waals surface area contributed by atoms with Crippen molar-refractivity contribution in [2.24, 2.45) is 0 Å². The van der Waals surface area contributed by atoms with Crippen molar-refractivity contribution in [1.29, 1.82) is 0 Å². The van der Waals surface area contributed by atoms with Crippen LogP contribution in [0.4, 0.5) is 0 Å². The van der Waals surface area contributed by atoms with E-state index in [9.17, 15) is 14.7 Å². The summed E-state index contributed by atoms with van der Waals surface area (Å²) >= 11 is 0. The summed E-state index contributed by atoms with van der Waals surface area (Å²) in [6.07, 6.45) is 2.47. The molecule has 4 rings (SSSR count). The van der Waals surface area contributed by atoms with E-state index in [0.29, 0.717) is 18.8 Å². The van der Waals surface area contributed by atoms with Crippen LogP contribution in [0.5, 0.6) is 5.75 Å². The van der Waals surface area contributed by atoms with E-state index in [2.05, 4.69) is 50.9 Å². The van der Waals surface area contributed by atoms with E-state index in [4.69, 9.17) is 0 Å². The van der Waals surface area contributed by atoms with Gasteiger partial charge in [-0.2, -0.15) is 4.98 Å². The third-order valence-corrected chi connectivity index (χ3v) is 6.14. The Morgan fingerprint density at radius 3 is 2.34 bits per heavy atom. The molecule has 1 aliphatic carbocycles. The number of hydrogen-bond donors (Lipinski definition) is 1. The van der Waals surface area contributed by atoms with Crippen LogP contribution in [0, 0.1) is 13.8 Å². The van der Waals surface area contributed by atoms with Crippen LogP contribution in [0.3, 0.4) is 0 Å². The van der Waals surface area contributed by atoms with Crippen molar-refractivity contribution >= 4 is 5.91 Å². The number of benzene rings is 1. The summed E-state index contributed by atoms with van der Waals surface area (Å²) in [5.74, 6) is -0.225. The Bertz CT molecular complexity index is 1030. The van der Waals surface area contributed by atoms with Crippen molar-refractivity contribution in [1.82, 2.24) is 14.5 Å². The highest BCUT2D eigenvalue weighted by Gasteiger charge is 2.42. The van der Waals surface area contributed by atoms with E-state index in [1.165, 1.54) is 16.7 Å².